The van der Waals surface area contributed by atoms with Gasteiger partial charge in [0.05, 0.1) is 12.3 Å². The van der Waals surface area contributed by atoms with Crippen LogP contribution in [0.3, 0.4) is 0 Å². The predicted molar refractivity (Wildman–Crippen MR) is 70.0 cm³/mol. The maximum atomic E-state index is 12.3. The number of anilines is 1. The Morgan fingerprint density at radius 2 is 2.21 bits per heavy atom. The smallest absolute Gasteiger partial charge is 0.246 e. The van der Waals surface area contributed by atoms with Crippen LogP contribution in [0.25, 0.3) is 0 Å². The number of aromatic nitrogens is 2. The molecule has 0 aliphatic carbocycles. The molecule has 1 heterocycles. The van der Waals surface area contributed by atoms with E-state index in [1.54, 1.807) is 14.0 Å². The van der Waals surface area contributed by atoms with Crippen molar-refractivity contribution in [3.05, 3.63) is 5.69 Å². The second-order valence-corrected chi connectivity index (χ2v) is 5.86. The van der Waals surface area contributed by atoms with Gasteiger partial charge in [0.15, 0.2) is 5.82 Å². The van der Waals surface area contributed by atoms with Crippen molar-refractivity contribution < 1.29 is 18.3 Å². The molecular formula is C10H20N4O4S. The fourth-order valence-electron chi connectivity index (χ4n) is 1.76. The molecule has 1 unspecified atom stereocenters. The van der Waals surface area contributed by atoms with Crippen molar-refractivity contribution in [2.24, 2.45) is 7.05 Å². The third kappa shape index (κ3) is 3.66. The van der Waals surface area contributed by atoms with Crippen molar-refractivity contribution in [2.45, 2.75) is 24.3 Å². The van der Waals surface area contributed by atoms with E-state index in [1.165, 1.54) is 11.8 Å². The summed E-state index contributed by atoms with van der Waals surface area (Å²) in [5, 5.41) is 12.8. The van der Waals surface area contributed by atoms with Gasteiger partial charge >= 0.3 is 0 Å². The molecule has 19 heavy (non-hydrogen) atoms. The van der Waals surface area contributed by atoms with Gasteiger partial charge < -0.3 is 15.6 Å². The summed E-state index contributed by atoms with van der Waals surface area (Å²) in [6.45, 7) is 1.65. The van der Waals surface area contributed by atoms with Crippen LogP contribution in [-0.2, 0) is 21.8 Å². The zero-order chi connectivity index (χ0) is 14.6. The number of nitrogens with zero attached hydrogens (tertiary/aromatic N) is 2. The highest BCUT2D eigenvalue weighted by Gasteiger charge is 2.27. The van der Waals surface area contributed by atoms with Crippen LogP contribution >= 0.6 is 0 Å². The van der Waals surface area contributed by atoms with Gasteiger partial charge in [-0.15, -0.1) is 0 Å². The van der Waals surface area contributed by atoms with E-state index in [1.807, 2.05) is 0 Å². The number of nitrogens with one attached hydrogen (secondary N) is 1. The second kappa shape index (κ2) is 6.33. The average molecular weight is 292 g/mol. The van der Waals surface area contributed by atoms with E-state index in [4.69, 9.17) is 15.6 Å². The van der Waals surface area contributed by atoms with Gasteiger partial charge in [-0.25, -0.2) is 13.1 Å². The summed E-state index contributed by atoms with van der Waals surface area (Å²) in [6, 6.07) is -0.515. The van der Waals surface area contributed by atoms with Crippen LogP contribution in [0.15, 0.2) is 4.90 Å². The fraction of sp³-hybridized carbons (Fsp3) is 0.700. The number of hydrogen-bond acceptors (Lipinski definition) is 6. The molecule has 0 amide bonds. The first kappa shape index (κ1) is 15.9. The zero-order valence-corrected chi connectivity index (χ0v) is 12.1. The number of rotatable bonds is 7. The third-order valence-electron chi connectivity index (χ3n) is 2.74. The first-order valence-corrected chi connectivity index (χ1v) is 7.23. The first-order valence-electron chi connectivity index (χ1n) is 5.74. The van der Waals surface area contributed by atoms with Gasteiger partial charge in [-0.2, -0.15) is 5.10 Å². The summed E-state index contributed by atoms with van der Waals surface area (Å²) in [5.41, 5.74) is 6.07. The van der Waals surface area contributed by atoms with Crippen molar-refractivity contribution >= 4 is 15.8 Å². The standard InChI is InChI=1S/C10H20N4O4S/c1-7-9(10(11)12-14(7)2)19(16,17)13-8(4-5-15)6-18-3/h8,13,15H,4-6H2,1-3H3,(H2,11,12). The molecule has 0 saturated heterocycles. The topological polar surface area (TPSA) is 119 Å². The molecule has 4 N–H and O–H groups in total. The molecule has 1 atom stereocenters. The van der Waals surface area contributed by atoms with Crippen molar-refractivity contribution in [1.82, 2.24) is 14.5 Å². The molecule has 1 aromatic heterocycles. The largest absolute Gasteiger partial charge is 0.396 e. The Labute approximate surface area is 112 Å². The fourth-order valence-corrected chi connectivity index (χ4v) is 3.34. The third-order valence-corrected chi connectivity index (χ3v) is 4.43. The van der Waals surface area contributed by atoms with Crippen molar-refractivity contribution in [1.29, 1.82) is 0 Å². The summed E-state index contributed by atoms with van der Waals surface area (Å²) >= 11 is 0. The van der Waals surface area contributed by atoms with Gasteiger partial charge in [0, 0.05) is 26.8 Å². The summed E-state index contributed by atoms with van der Waals surface area (Å²) in [5.74, 6) is -0.0485. The maximum Gasteiger partial charge on any atom is 0.246 e. The van der Waals surface area contributed by atoms with Gasteiger partial charge in [0.1, 0.15) is 4.90 Å². The molecule has 0 saturated carbocycles. The molecule has 110 valence electrons. The number of sulfonamides is 1. The molecule has 0 aliphatic rings. The molecular weight excluding hydrogens is 272 g/mol. The molecule has 8 nitrogen and oxygen atoms in total. The van der Waals surface area contributed by atoms with E-state index < -0.39 is 16.1 Å². The number of hydrogen-bond donors (Lipinski definition) is 3. The SMILES string of the molecule is COCC(CCO)NS(=O)(=O)c1c(N)nn(C)c1C. The molecule has 0 aliphatic heterocycles. The molecule has 0 aromatic carbocycles. The minimum absolute atomic E-state index is 0.0333. The van der Waals surface area contributed by atoms with E-state index in [0.29, 0.717) is 5.69 Å². The van der Waals surface area contributed by atoms with Gasteiger partial charge in [0.2, 0.25) is 10.0 Å². The van der Waals surface area contributed by atoms with Crippen LogP contribution in [0, 0.1) is 6.92 Å². The average Bonchev–Trinajstić information content (AvgIpc) is 2.53. The van der Waals surface area contributed by atoms with E-state index in [-0.39, 0.29) is 30.3 Å². The van der Waals surface area contributed by atoms with Crippen LogP contribution in [0.4, 0.5) is 5.82 Å². The summed E-state index contributed by atoms with van der Waals surface area (Å²) in [7, 11) is -0.717. The second-order valence-electron chi connectivity index (χ2n) is 4.21. The first-order chi connectivity index (χ1) is 8.83. The molecule has 0 radical (unpaired) electrons. The summed E-state index contributed by atoms with van der Waals surface area (Å²) < 4.78 is 33.3. The lowest BCUT2D eigenvalue weighted by atomic mass is 10.2. The van der Waals surface area contributed by atoms with E-state index in [0.717, 1.165) is 0 Å². The van der Waals surface area contributed by atoms with E-state index in [2.05, 4.69) is 9.82 Å². The Morgan fingerprint density at radius 1 is 1.58 bits per heavy atom. The van der Waals surface area contributed by atoms with E-state index in [9.17, 15) is 8.42 Å². The lowest BCUT2D eigenvalue weighted by molar-refractivity contribution is 0.158. The van der Waals surface area contributed by atoms with Gasteiger partial charge in [0.25, 0.3) is 0 Å². The number of nitrogen functional groups attached to an aromatic ring is 1. The molecule has 0 spiro atoms. The number of aryl methyl sites for hydroxylation is 1. The minimum atomic E-state index is -3.79. The predicted octanol–water partition coefficient (Wildman–Crippen LogP) is -1.01. The number of methoxy groups -OCH3 is 1. The summed E-state index contributed by atoms with van der Waals surface area (Å²) in [6.07, 6.45) is 0.256. The molecule has 0 fully saturated rings. The van der Waals surface area contributed by atoms with Crippen molar-refractivity contribution in [3.8, 4) is 0 Å². The number of aliphatic hydroxyl groups is 1. The summed E-state index contributed by atoms with van der Waals surface area (Å²) in [4.78, 5) is -0.0333. The van der Waals surface area contributed by atoms with Crippen LogP contribution in [-0.4, -0.2) is 49.7 Å². The Balaban J connectivity index is 3.03. The highest BCUT2D eigenvalue weighted by molar-refractivity contribution is 7.89. The Bertz CT molecular complexity index is 520. The Kier molecular flexibility index (Phi) is 5.29. The normalized spacial score (nSPS) is 13.7. The number of aliphatic hydroxyl groups excluding tert-OH is 1. The van der Waals surface area contributed by atoms with Gasteiger partial charge in [-0.1, -0.05) is 0 Å². The lowest BCUT2D eigenvalue weighted by Crippen LogP contribution is -2.39. The number of ether oxygens (including phenoxy) is 1. The van der Waals surface area contributed by atoms with E-state index >= 15 is 0 Å². The van der Waals surface area contributed by atoms with Crippen molar-refractivity contribution in [3.63, 3.8) is 0 Å². The zero-order valence-electron chi connectivity index (χ0n) is 11.3. The molecule has 9 heteroatoms. The van der Waals surface area contributed by atoms with Crippen molar-refractivity contribution in [2.75, 3.05) is 26.1 Å². The molecule has 1 rings (SSSR count). The Morgan fingerprint density at radius 3 is 2.63 bits per heavy atom. The minimum Gasteiger partial charge on any atom is -0.396 e. The molecule has 1 aromatic rings. The Hall–Kier alpha value is -1.16. The van der Waals surface area contributed by atoms with Crippen LogP contribution in [0.5, 0.6) is 0 Å². The monoisotopic (exact) mass is 292 g/mol. The van der Waals surface area contributed by atoms with Crippen LogP contribution in [0.2, 0.25) is 0 Å². The highest BCUT2D eigenvalue weighted by Crippen LogP contribution is 2.21. The van der Waals surface area contributed by atoms with Gasteiger partial charge in [-0.3, -0.25) is 4.68 Å². The highest BCUT2D eigenvalue weighted by atomic mass is 32.2. The maximum absolute atomic E-state index is 12.3. The lowest BCUT2D eigenvalue weighted by Gasteiger charge is -2.16. The molecule has 0 bridgehead atoms. The quantitative estimate of drug-likeness (QED) is 0.592. The van der Waals surface area contributed by atoms with Crippen LogP contribution < -0.4 is 10.5 Å². The number of nitrogens with two attached hydrogens (primary N) is 1. The van der Waals surface area contributed by atoms with Gasteiger partial charge in [-0.05, 0) is 13.3 Å². The van der Waals surface area contributed by atoms with Crippen LogP contribution in [0.1, 0.15) is 12.1 Å².